The molecule has 19 heavy (non-hydrogen) atoms. The summed E-state index contributed by atoms with van der Waals surface area (Å²) in [6.07, 6.45) is 2.56. The number of carbonyl (C=O) groups is 2. The Morgan fingerprint density at radius 3 is 2.74 bits per heavy atom. The smallest absolute Gasteiger partial charge is 0.225 e. The molecule has 0 aromatic rings. The van der Waals surface area contributed by atoms with Crippen LogP contribution in [0.2, 0.25) is 0 Å². The molecule has 2 aliphatic rings. The summed E-state index contributed by atoms with van der Waals surface area (Å²) in [5.41, 5.74) is 0.202. The lowest BCUT2D eigenvalue weighted by molar-refractivity contribution is -0.129. The van der Waals surface area contributed by atoms with Crippen LogP contribution < -0.4 is 10.6 Å². The van der Waals surface area contributed by atoms with Gasteiger partial charge in [0.1, 0.15) is 0 Å². The van der Waals surface area contributed by atoms with Gasteiger partial charge in [-0.3, -0.25) is 9.59 Å². The van der Waals surface area contributed by atoms with E-state index in [2.05, 4.69) is 17.6 Å². The van der Waals surface area contributed by atoms with E-state index < -0.39 is 0 Å². The first-order valence-corrected chi connectivity index (χ1v) is 7.30. The Hall–Kier alpha value is -1.10. The highest BCUT2D eigenvalue weighted by Gasteiger charge is 2.34. The molecule has 5 heteroatoms. The topological polar surface area (TPSA) is 61.4 Å². The van der Waals surface area contributed by atoms with E-state index in [9.17, 15) is 9.59 Å². The fraction of sp³-hybridized carbons (Fsp3) is 0.857. The summed E-state index contributed by atoms with van der Waals surface area (Å²) in [6, 6.07) is 0. The Balaban J connectivity index is 1.80. The molecule has 0 aromatic carbocycles. The number of carbonyl (C=O) groups excluding carboxylic acids is 2. The van der Waals surface area contributed by atoms with E-state index in [0.29, 0.717) is 19.5 Å². The Morgan fingerprint density at radius 1 is 1.47 bits per heavy atom. The zero-order valence-electron chi connectivity index (χ0n) is 12.0. The molecule has 1 atom stereocenters. The van der Waals surface area contributed by atoms with Crippen LogP contribution in [0, 0.1) is 11.3 Å². The summed E-state index contributed by atoms with van der Waals surface area (Å²) in [5, 5.41) is 6.39. The van der Waals surface area contributed by atoms with Crippen LogP contribution in [-0.2, 0) is 9.59 Å². The number of amides is 2. The third-order valence-corrected chi connectivity index (χ3v) is 4.47. The van der Waals surface area contributed by atoms with Gasteiger partial charge < -0.3 is 15.5 Å². The molecule has 0 saturated carbocycles. The first-order chi connectivity index (χ1) is 9.04. The third-order valence-electron chi connectivity index (χ3n) is 4.47. The summed E-state index contributed by atoms with van der Waals surface area (Å²) in [5.74, 6) is -0.00227. The van der Waals surface area contributed by atoms with Crippen molar-refractivity contribution in [3.05, 3.63) is 0 Å². The molecule has 0 radical (unpaired) electrons. The van der Waals surface area contributed by atoms with Crippen molar-refractivity contribution in [2.75, 3.05) is 32.7 Å². The van der Waals surface area contributed by atoms with Gasteiger partial charge in [0.15, 0.2) is 0 Å². The van der Waals surface area contributed by atoms with Crippen LogP contribution in [-0.4, -0.2) is 49.4 Å². The second-order valence-corrected chi connectivity index (χ2v) is 6.11. The summed E-state index contributed by atoms with van der Waals surface area (Å²) in [6.45, 7) is 8.24. The molecule has 2 N–H and O–H groups in total. The minimum absolute atomic E-state index is 0.0454. The standard InChI is InChI=1S/C14H25N3O2/c1-3-17-9-11(8-12(17)18)13(19)16-10-14(2)4-6-15-7-5-14/h11,15H,3-10H2,1-2H3,(H,16,19). The van der Waals surface area contributed by atoms with E-state index in [4.69, 9.17) is 0 Å². The first kappa shape index (κ1) is 14.3. The minimum atomic E-state index is -0.155. The van der Waals surface area contributed by atoms with Gasteiger partial charge in [-0.25, -0.2) is 0 Å². The highest BCUT2D eigenvalue weighted by molar-refractivity contribution is 5.89. The summed E-state index contributed by atoms with van der Waals surface area (Å²) in [7, 11) is 0. The molecular formula is C14H25N3O2. The van der Waals surface area contributed by atoms with E-state index in [1.54, 1.807) is 4.90 Å². The zero-order valence-corrected chi connectivity index (χ0v) is 12.0. The highest BCUT2D eigenvalue weighted by atomic mass is 16.2. The van der Waals surface area contributed by atoms with Crippen molar-refractivity contribution < 1.29 is 9.59 Å². The van der Waals surface area contributed by atoms with Gasteiger partial charge in [-0.05, 0) is 38.3 Å². The van der Waals surface area contributed by atoms with Crippen molar-refractivity contribution >= 4 is 11.8 Å². The minimum Gasteiger partial charge on any atom is -0.355 e. The SMILES string of the molecule is CCN1CC(C(=O)NCC2(C)CCNCC2)CC1=O. The van der Waals surface area contributed by atoms with Crippen molar-refractivity contribution in [1.29, 1.82) is 0 Å². The van der Waals surface area contributed by atoms with Crippen LogP contribution >= 0.6 is 0 Å². The summed E-state index contributed by atoms with van der Waals surface area (Å²) < 4.78 is 0. The monoisotopic (exact) mass is 267 g/mol. The van der Waals surface area contributed by atoms with Gasteiger partial charge >= 0.3 is 0 Å². The normalized spacial score (nSPS) is 26.5. The fourth-order valence-corrected chi connectivity index (χ4v) is 2.91. The number of hydrogen-bond donors (Lipinski definition) is 2. The molecular weight excluding hydrogens is 242 g/mol. The molecule has 2 amide bonds. The molecule has 2 saturated heterocycles. The van der Waals surface area contributed by atoms with Crippen molar-refractivity contribution in [3.8, 4) is 0 Å². The van der Waals surface area contributed by atoms with E-state index in [0.717, 1.165) is 32.5 Å². The number of nitrogens with one attached hydrogen (secondary N) is 2. The summed E-state index contributed by atoms with van der Waals surface area (Å²) >= 11 is 0. The van der Waals surface area contributed by atoms with E-state index in [-0.39, 0.29) is 23.1 Å². The predicted molar refractivity (Wildman–Crippen MR) is 73.6 cm³/mol. The molecule has 0 aliphatic carbocycles. The lowest BCUT2D eigenvalue weighted by atomic mass is 9.81. The van der Waals surface area contributed by atoms with E-state index >= 15 is 0 Å². The third kappa shape index (κ3) is 3.47. The van der Waals surface area contributed by atoms with Crippen LogP contribution in [0.4, 0.5) is 0 Å². The van der Waals surface area contributed by atoms with Gasteiger partial charge in [0, 0.05) is 26.1 Å². The maximum absolute atomic E-state index is 12.1. The molecule has 108 valence electrons. The van der Waals surface area contributed by atoms with Crippen molar-refractivity contribution in [2.24, 2.45) is 11.3 Å². The van der Waals surface area contributed by atoms with E-state index in [1.807, 2.05) is 6.92 Å². The Labute approximate surface area is 115 Å². The average molecular weight is 267 g/mol. The van der Waals surface area contributed by atoms with Crippen LogP contribution in [0.25, 0.3) is 0 Å². The molecule has 2 fully saturated rings. The predicted octanol–water partition coefficient (Wildman–Crippen LogP) is 0.361. The lowest BCUT2D eigenvalue weighted by Gasteiger charge is -2.34. The Kier molecular flexibility index (Phi) is 4.45. The Morgan fingerprint density at radius 2 is 2.16 bits per heavy atom. The maximum atomic E-state index is 12.1. The molecule has 0 spiro atoms. The quantitative estimate of drug-likeness (QED) is 0.773. The second-order valence-electron chi connectivity index (χ2n) is 6.11. The van der Waals surface area contributed by atoms with Gasteiger partial charge in [0.2, 0.25) is 11.8 Å². The van der Waals surface area contributed by atoms with Gasteiger partial charge in [0.05, 0.1) is 5.92 Å². The van der Waals surface area contributed by atoms with Crippen LogP contribution in [0.5, 0.6) is 0 Å². The fourth-order valence-electron chi connectivity index (χ4n) is 2.91. The first-order valence-electron chi connectivity index (χ1n) is 7.30. The molecule has 0 aromatic heterocycles. The van der Waals surface area contributed by atoms with Crippen molar-refractivity contribution in [3.63, 3.8) is 0 Å². The largest absolute Gasteiger partial charge is 0.355 e. The van der Waals surface area contributed by atoms with Gasteiger partial charge in [-0.1, -0.05) is 6.92 Å². The maximum Gasteiger partial charge on any atom is 0.225 e. The molecule has 0 bridgehead atoms. The van der Waals surface area contributed by atoms with Crippen molar-refractivity contribution in [2.45, 2.75) is 33.1 Å². The van der Waals surface area contributed by atoms with Gasteiger partial charge in [0.25, 0.3) is 0 Å². The molecule has 2 heterocycles. The van der Waals surface area contributed by atoms with Crippen LogP contribution in [0.3, 0.4) is 0 Å². The zero-order chi connectivity index (χ0) is 13.9. The van der Waals surface area contributed by atoms with Gasteiger partial charge in [-0.15, -0.1) is 0 Å². The van der Waals surface area contributed by atoms with Gasteiger partial charge in [-0.2, -0.15) is 0 Å². The number of nitrogens with zero attached hydrogens (tertiary/aromatic N) is 1. The number of hydrogen-bond acceptors (Lipinski definition) is 3. The lowest BCUT2D eigenvalue weighted by Crippen LogP contribution is -2.44. The van der Waals surface area contributed by atoms with E-state index in [1.165, 1.54) is 0 Å². The van der Waals surface area contributed by atoms with Crippen LogP contribution in [0.1, 0.15) is 33.1 Å². The number of rotatable bonds is 4. The molecule has 2 rings (SSSR count). The molecule has 5 nitrogen and oxygen atoms in total. The Bertz CT molecular complexity index is 351. The molecule has 2 aliphatic heterocycles. The number of likely N-dealkylation sites (tertiary alicyclic amines) is 1. The molecule has 1 unspecified atom stereocenters. The summed E-state index contributed by atoms with van der Waals surface area (Å²) in [4.78, 5) is 25.5. The average Bonchev–Trinajstić information content (AvgIpc) is 2.78. The highest BCUT2D eigenvalue weighted by Crippen LogP contribution is 2.27. The second kappa shape index (κ2) is 5.90. The van der Waals surface area contributed by atoms with Crippen LogP contribution in [0.15, 0.2) is 0 Å². The van der Waals surface area contributed by atoms with Crippen molar-refractivity contribution in [1.82, 2.24) is 15.5 Å². The number of piperidine rings is 1.